The fourth-order valence-corrected chi connectivity index (χ4v) is 2.09. The number of aliphatic carboxylic acids is 1. The summed E-state index contributed by atoms with van der Waals surface area (Å²) in [6, 6.07) is -1.43. The van der Waals surface area contributed by atoms with E-state index in [1.54, 1.807) is 4.90 Å². The van der Waals surface area contributed by atoms with Crippen LogP contribution < -0.4 is 5.32 Å². The molecule has 3 N–H and O–H groups in total. The summed E-state index contributed by atoms with van der Waals surface area (Å²) in [6.07, 6.45) is 1.72. The number of urea groups is 1. The van der Waals surface area contributed by atoms with E-state index in [2.05, 4.69) is 5.32 Å². The number of likely N-dealkylation sites (tertiary alicyclic amines) is 1. The fourth-order valence-electron chi connectivity index (χ4n) is 2.09. The van der Waals surface area contributed by atoms with Crippen molar-refractivity contribution in [2.75, 3.05) is 26.3 Å². The van der Waals surface area contributed by atoms with Crippen molar-refractivity contribution in [1.82, 2.24) is 10.2 Å². The van der Waals surface area contributed by atoms with Crippen LogP contribution in [0.15, 0.2) is 0 Å². The number of ether oxygens (including phenoxy) is 1. The van der Waals surface area contributed by atoms with Gasteiger partial charge >= 0.3 is 12.0 Å². The Morgan fingerprint density at radius 1 is 1.42 bits per heavy atom. The molecule has 1 fully saturated rings. The lowest BCUT2D eigenvalue weighted by Gasteiger charge is -2.32. The number of rotatable bonds is 6. The van der Waals surface area contributed by atoms with Gasteiger partial charge in [0.1, 0.15) is 6.04 Å². The summed E-state index contributed by atoms with van der Waals surface area (Å²) < 4.78 is 5.48. The SMILES string of the molecule is CCOC1CCN(C(=O)NC(CCO)C(=O)O)CC1. The van der Waals surface area contributed by atoms with E-state index in [1.165, 1.54) is 0 Å². The van der Waals surface area contributed by atoms with Crippen LogP contribution in [0.1, 0.15) is 26.2 Å². The molecule has 1 aliphatic rings. The highest BCUT2D eigenvalue weighted by Crippen LogP contribution is 2.13. The molecular formula is C12H22N2O5. The van der Waals surface area contributed by atoms with Crippen LogP contribution in [0.5, 0.6) is 0 Å². The summed E-state index contributed by atoms with van der Waals surface area (Å²) in [5.74, 6) is -1.13. The van der Waals surface area contributed by atoms with E-state index in [4.69, 9.17) is 14.9 Å². The van der Waals surface area contributed by atoms with E-state index < -0.39 is 18.0 Å². The summed E-state index contributed by atoms with van der Waals surface area (Å²) in [5, 5.41) is 20.1. The van der Waals surface area contributed by atoms with Gasteiger partial charge in [-0.05, 0) is 19.8 Å². The number of nitrogens with one attached hydrogen (secondary N) is 1. The van der Waals surface area contributed by atoms with Crippen LogP contribution in [0, 0.1) is 0 Å². The van der Waals surface area contributed by atoms with Gasteiger partial charge in [-0.25, -0.2) is 9.59 Å². The Morgan fingerprint density at radius 2 is 2.05 bits per heavy atom. The minimum Gasteiger partial charge on any atom is -0.480 e. The maximum Gasteiger partial charge on any atom is 0.326 e. The van der Waals surface area contributed by atoms with E-state index in [0.717, 1.165) is 12.8 Å². The third kappa shape index (κ3) is 5.04. The number of hydrogen-bond donors (Lipinski definition) is 3. The average molecular weight is 274 g/mol. The van der Waals surface area contributed by atoms with Gasteiger partial charge in [-0.2, -0.15) is 0 Å². The molecular weight excluding hydrogens is 252 g/mol. The van der Waals surface area contributed by atoms with Crippen LogP contribution in [0.2, 0.25) is 0 Å². The van der Waals surface area contributed by atoms with Crippen molar-refractivity contribution in [3.63, 3.8) is 0 Å². The molecule has 1 unspecified atom stereocenters. The van der Waals surface area contributed by atoms with Gasteiger partial charge in [-0.15, -0.1) is 0 Å². The molecule has 0 bridgehead atoms. The van der Waals surface area contributed by atoms with Crippen molar-refractivity contribution in [3.05, 3.63) is 0 Å². The number of carboxylic acids is 1. The van der Waals surface area contributed by atoms with Crippen molar-refractivity contribution in [2.24, 2.45) is 0 Å². The van der Waals surface area contributed by atoms with Crippen molar-refractivity contribution in [2.45, 2.75) is 38.3 Å². The highest BCUT2D eigenvalue weighted by Gasteiger charge is 2.26. The molecule has 7 nitrogen and oxygen atoms in total. The van der Waals surface area contributed by atoms with Crippen LogP contribution in [0.3, 0.4) is 0 Å². The fraction of sp³-hybridized carbons (Fsp3) is 0.833. The number of aliphatic hydroxyl groups is 1. The maximum atomic E-state index is 11.9. The average Bonchev–Trinajstić information content (AvgIpc) is 2.39. The van der Waals surface area contributed by atoms with E-state index in [1.807, 2.05) is 6.92 Å². The Morgan fingerprint density at radius 3 is 2.53 bits per heavy atom. The lowest BCUT2D eigenvalue weighted by molar-refractivity contribution is -0.139. The molecule has 1 aliphatic heterocycles. The number of aliphatic hydroxyl groups excluding tert-OH is 1. The normalized spacial score (nSPS) is 18.1. The highest BCUT2D eigenvalue weighted by atomic mass is 16.5. The highest BCUT2D eigenvalue weighted by molar-refractivity contribution is 5.82. The van der Waals surface area contributed by atoms with Crippen LogP contribution in [0.4, 0.5) is 4.79 Å². The lowest BCUT2D eigenvalue weighted by atomic mass is 10.1. The molecule has 0 aromatic carbocycles. The van der Waals surface area contributed by atoms with Gasteiger partial charge in [0.25, 0.3) is 0 Å². The van der Waals surface area contributed by atoms with Crippen LogP contribution >= 0.6 is 0 Å². The Balaban J connectivity index is 2.39. The molecule has 110 valence electrons. The van der Waals surface area contributed by atoms with Crippen LogP contribution in [0.25, 0.3) is 0 Å². The number of amides is 2. The Bertz CT molecular complexity index is 302. The first-order valence-corrected chi connectivity index (χ1v) is 6.59. The molecule has 0 spiro atoms. The Labute approximate surface area is 112 Å². The molecule has 7 heteroatoms. The third-order valence-corrected chi connectivity index (χ3v) is 3.15. The molecule has 1 heterocycles. The predicted octanol–water partition coefficient (Wildman–Crippen LogP) is 0.0325. The van der Waals surface area contributed by atoms with E-state index in [0.29, 0.717) is 19.7 Å². The summed E-state index contributed by atoms with van der Waals surface area (Å²) in [4.78, 5) is 24.3. The molecule has 0 aromatic heterocycles. The number of hydrogen-bond acceptors (Lipinski definition) is 4. The van der Waals surface area contributed by atoms with Crippen molar-refractivity contribution < 1.29 is 24.5 Å². The monoisotopic (exact) mass is 274 g/mol. The smallest absolute Gasteiger partial charge is 0.326 e. The first-order valence-electron chi connectivity index (χ1n) is 6.59. The largest absolute Gasteiger partial charge is 0.480 e. The van der Waals surface area contributed by atoms with Gasteiger partial charge < -0.3 is 25.2 Å². The predicted molar refractivity (Wildman–Crippen MR) is 67.9 cm³/mol. The van der Waals surface area contributed by atoms with Crippen molar-refractivity contribution in [3.8, 4) is 0 Å². The summed E-state index contributed by atoms with van der Waals surface area (Å²) in [7, 11) is 0. The first kappa shape index (κ1) is 15.7. The van der Waals surface area contributed by atoms with Gasteiger partial charge in [-0.1, -0.05) is 0 Å². The molecule has 0 aromatic rings. The molecule has 0 aliphatic carbocycles. The quantitative estimate of drug-likeness (QED) is 0.635. The molecule has 0 saturated carbocycles. The second-order valence-corrected chi connectivity index (χ2v) is 4.49. The number of carbonyl (C=O) groups is 2. The first-order chi connectivity index (χ1) is 9.08. The van der Waals surface area contributed by atoms with Crippen molar-refractivity contribution in [1.29, 1.82) is 0 Å². The van der Waals surface area contributed by atoms with Gasteiger partial charge in [0.2, 0.25) is 0 Å². The Kier molecular flexibility index (Phi) is 6.58. The second kappa shape index (κ2) is 7.96. The topological polar surface area (TPSA) is 99.1 Å². The molecule has 1 rings (SSSR count). The van der Waals surface area contributed by atoms with Gasteiger partial charge in [0.15, 0.2) is 0 Å². The van der Waals surface area contributed by atoms with Gasteiger partial charge in [0, 0.05) is 32.7 Å². The molecule has 0 radical (unpaired) electrons. The number of nitrogens with zero attached hydrogens (tertiary/aromatic N) is 1. The molecule has 2 amide bonds. The van der Waals surface area contributed by atoms with Crippen LogP contribution in [-0.4, -0.2) is 65.6 Å². The zero-order chi connectivity index (χ0) is 14.3. The zero-order valence-electron chi connectivity index (χ0n) is 11.2. The van der Waals surface area contributed by atoms with E-state index in [9.17, 15) is 9.59 Å². The standard InChI is InChI=1S/C12H22N2O5/c1-2-19-9-3-6-14(7-4-9)12(18)13-10(5-8-15)11(16)17/h9-10,15H,2-8H2,1H3,(H,13,18)(H,16,17). The van der Waals surface area contributed by atoms with Gasteiger partial charge in [0.05, 0.1) is 6.10 Å². The lowest BCUT2D eigenvalue weighted by Crippen LogP contribution is -2.51. The second-order valence-electron chi connectivity index (χ2n) is 4.49. The molecule has 19 heavy (non-hydrogen) atoms. The third-order valence-electron chi connectivity index (χ3n) is 3.15. The van der Waals surface area contributed by atoms with Gasteiger partial charge in [-0.3, -0.25) is 0 Å². The van der Waals surface area contributed by atoms with Crippen molar-refractivity contribution >= 4 is 12.0 Å². The number of carbonyl (C=O) groups excluding carboxylic acids is 1. The van der Waals surface area contributed by atoms with E-state index in [-0.39, 0.29) is 19.1 Å². The summed E-state index contributed by atoms with van der Waals surface area (Å²) in [6.45, 7) is 3.44. The molecule has 1 atom stereocenters. The molecule has 1 saturated heterocycles. The maximum absolute atomic E-state index is 11.9. The number of piperidine rings is 1. The minimum atomic E-state index is -1.13. The summed E-state index contributed by atoms with van der Waals surface area (Å²) in [5.41, 5.74) is 0. The minimum absolute atomic E-state index is 0.0104. The van der Waals surface area contributed by atoms with E-state index >= 15 is 0 Å². The number of carboxylic acid groups (broad SMARTS) is 1. The van der Waals surface area contributed by atoms with Crippen LogP contribution in [-0.2, 0) is 9.53 Å². The summed E-state index contributed by atoms with van der Waals surface area (Å²) >= 11 is 0. The zero-order valence-corrected chi connectivity index (χ0v) is 11.2. The Hall–Kier alpha value is -1.34.